The monoisotopic (exact) mass is 746 g/mol. The van der Waals surface area contributed by atoms with Gasteiger partial charge in [-0.25, -0.2) is 0 Å². The molecule has 16 atom stereocenters. The molecule has 2 spiro atoms. The summed E-state index contributed by atoms with van der Waals surface area (Å²) in [6.45, 7) is 7.53. The van der Waals surface area contributed by atoms with Crippen molar-refractivity contribution in [2.75, 3.05) is 33.0 Å². The average Bonchev–Trinajstić information content (AvgIpc) is 3.66. The molecule has 53 heavy (non-hydrogen) atoms. The largest absolute Gasteiger partial charge is 0.469 e. The summed E-state index contributed by atoms with van der Waals surface area (Å²) in [7, 11) is 0. The van der Waals surface area contributed by atoms with Crippen LogP contribution < -0.4 is 0 Å². The molecule has 0 amide bonds. The standard InChI is InChI=1S/C37H46O16/c1-7-16(2)20(41)10-44-23-8-22(50-19(5)40)33(12-46-17(3)38)13-48-26-27(33)34(23)14-49-36(43,15-47-18(4)39)30(34)32(6,28(26)42)35-9-21-25(29(35)53-35)37-24(52-37)11-45-31(37)51-21/h7,11,21-23,25-31,42-43H,8-10,12-15H2,1-6H3/b16-7+/t21-,22+,23+,25-,26-,27-,28+,29-,30-,31-,32-,33-,34-,35+,36-,37+/m1/s1. The number of hydrogen-bond acceptors (Lipinski definition) is 16. The lowest BCUT2D eigenvalue weighted by Crippen LogP contribution is -2.77. The maximum atomic E-state index is 13.3. The van der Waals surface area contributed by atoms with Gasteiger partial charge in [0.25, 0.3) is 0 Å². The van der Waals surface area contributed by atoms with Crippen LogP contribution in [0.3, 0.4) is 0 Å². The number of Topliss-reactive ketones (excluding diaryl/α,β-unsaturated/α-hetero) is 1. The van der Waals surface area contributed by atoms with Gasteiger partial charge in [0.05, 0.1) is 55.1 Å². The van der Waals surface area contributed by atoms with E-state index in [1.165, 1.54) is 20.8 Å². The molecule has 0 radical (unpaired) electrons. The van der Waals surface area contributed by atoms with Crippen molar-refractivity contribution >= 4 is 23.7 Å². The number of fused-ring (bicyclic) bond motifs is 3. The molecule has 16 heteroatoms. The van der Waals surface area contributed by atoms with E-state index in [9.17, 15) is 29.4 Å². The van der Waals surface area contributed by atoms with E-state index in [0.717, 1.165) is 0 Å². The van der Waals surface area contributed by atoms with Crippen molar-refractivity contribution in [1.29, 1.82) is 0 Å². The van der Waals surface area contributed by atoms with Gasteiger partial charge in [-0.15, -0.1) is 0 Å². The lowest BCUT2D eigenvalue weighted by Gasteiger charge is -2.66. The first-order valence-corrected chi connectivity index (χ1v) is 18.3. The molecule has 290 valence electrons. The number of carbonyl (C=O) groups excluding carboxylic acids is 4. The molecule has 9 rings (SSSR count). The molecule has 3 aliphatic carbocycles. The number of hydrogen-bond donors (Lipinski definition) is 2. The summed E-state index contributed by atoms with van der Waals surface area (Å²) in [6, 6.07) is 0. The fourth-order valence-corrected chi connectivity index (χ4v) is 12.2. The number of aliphatic hydroxyl groups excluding tert-OH is 1. The van der Waals surface area contributed by atoms with Crippen LogP contribution >= 0.6 is 0 Å². The minimum absolute atomic E-state index is 0.00104. The van der Waals surface area contributed by atoms with Gasteiger partial charge in [0.1, 0.15) is 37.8 Å². The lowest BCUT2D eigenvalue weighted by molar-refractivity contribution is -0.311. The number of esters is 3. The van der Waals surface area contributed by atoms with Gasteiger partial charge in [0.15, 0.2) is 11.5 Å². The molecule has 9 aliphatic rings. The second-order valence-electron chi connectivity index (χ2n) is 16.7. The molecule has 0 aromatic rings. The van der Waals surface area contributed by atoms with Crippen LogP contribution in [-0.2, 0) is 66.5 Å². The maximum absolute atomic E-state index is 13.3. The van der Waals surface area contributed by atoms with E-state index in [4.69, 9.17) is 47.4 Å². The summed E-state index contributed by atoms with van der Waals surface area (Å²) < 4.78 is 61.8. The number of ketones is 1. The second kappa shape index (κ2) is 11.2. The van der Waals surface area contributed by atoms with Gasteiger partial charge in [0.2, 0.25) is 17.7 Å². The minimum atomic E-state index is -2.22. The molecular formula is C37H46O16. The first-order valence-electron chi connectivity index (χ1n) is 18.3. The van der Waals surface area contributed by atoms with E-state index in [-0.39, 0.29) is 50.7 Å². The summed E-state index contributed by atoms with van der Waals surface area (Å²) in [5.74, 6) is -5.89. The Balaban J connectivity index is 1.21. The van der Waals surface area contributed by atoms with Crippen LogP contribution in [-0.4, -0.2) is 127 Å². The molecule has 0 bridgehead atoms. The van der Waals surface area contributed by atoms with Crippen LogP contribution in [0.4, 0.5) is 0 Å². The van der Waals surface area contributed by atoms with Crippen LogP contribution in [0.1, 0.15) is 54.4 Å². The van der Waals surface area contributed by atoms with Gasteiger partial charge in [-0.2, -0.15) is 0 Å². The van der Waals surface area contributed by atoms with Crippen molar-refractivity contribution in [3.63, 3.8) is 0 Å². The summed E-state index contributed by atoms with van der Waals surface area (Å²) in [6.07, 6.45) is -2.23. The zero-order chi connectivity index (χ0) is 37.7. The topological polar surface area (TPSA) is 208 Å². The van der Waals surface area contributed by atoms with Crippen LogP contribution in [0.5, 0.6) is 0 Å². The molecular weight excluding hydrogens is 700 g/mol. The van der Waals surface area contributed by atoms with Crippen molar-refractivity contribution in [2.45, 2.75) is 114 Å². The Morgan fingerprint density at radius 1 is 1.02 bits per heavy atom. The number of ether oxygens (including phenoxy) is 10. The fraction of sp³-hybridized carbons (Fsp3) is 0.784. The summed E-state index contributed by atoms with van der Waals surface area (Å²) in [5.41, 5.74) is -5.43. The third kappa shape index (κ3) is 4.31. The molecule has 5 saturated heterocycles. The first-order chi connectivity index (χ1) is 25.1. The third-order valence-electron chi connectivity index (χ3n) is 14.4. The quantitative estimate of drug-likeness (QED) is 0.136. The van der Waals surface area contributed by atoms with Gasteiger partial charge in [-0.05, 0) is 19.4 Å². The van der Waals surface area contributed by atoms with E-state index in [0.29, 0.717) is 17.8 Å². The number of aliphatic hydroxyl groups is 2. The van der Waals surface area contributed by atoms with Crippen molar-refractivity contribution < 1.29 is 76.8 Å². The predicted molar refractivity (Wildman–Crippen MR) is 172 cm³/mol. The van der Waals surface area contributed by atoms with Gasteiger partial charge in [-0.1, -0.05) is 13.0 Å². The molecule has 0 unspecified atom stereocenters. The number of allylic oxidation sites excluding steroid dienone is 1. The van der Waals surface area contributed by atoms with Crippen LogP contribution in [0.25, 0.3) is 0 Å². The fourth-order valence-electron chi connectivity index (χ4n) is 12.2. The Labute approximate surface area is 305 Å². The van der Waals surface area contributed by atoms with Crippen LogP contribution in [0.2, 0.25) is 0 Å². The average molecular weight is 747 g/mol. The second-order valence-corrected chi connectivity index (χ2v) is 16.7. The van der Waals surface area contributed by atoms with Crippen molar-refractivity contribution in [3.05, 3.63) is 23.7 Å². The lowest BCUT2D eigenvalue weighted by atomic mass is 9.38. The van der Waals surface area contributed by atoms with Crippen molar-refractivity contribution in [2.24, 2.45) is 34.0 Å². The summed E-state index contributed by atoms with van der Waals surface area (Å²) in [5, 5.41) is 25.8. The first kappa shape index (κ1) is 35.6. The maximum Gasteiger partial charge on any atom is 0.302 e. The van der Waals surface area contributed by atoms with Crippen LogP contribution in [0, 0.1) is 34.0 Å². The van der Waals surface area contributed by atoms with E-state index in [1.54, 1.807) is 26.2 Å². The molecule has 6 aliphatic heterocycles. The molecule has 8 fully saturated rings. The molecule has 0 aromatic carbocycles. The molecule has 0 aromatic heterocycles. The smallest absolute Gasteiger partial charge is 0.302 e. The highest BCUT2D eigenvalue weighted by atomic mass is 16.8. The zero-order valence-corrected chi connectivity index (χ0v) is 30.5. The van der Waals surface area contributed by atoms with E-state index < -0.39 is 106 Å². The Hall–Kier alpha value is -3.12. The molecule has 6 heterocycles. The Bertz CT molecular complexity index is 1730. The zero-order valence-electron chi connectivity index (χ0n) is 30.5. The number of epoxide rings is 2. The highest BCUT2D eigenvalue weighted by molar-refractivity contribution is 5.95. The molecule has 2 N–H and O–H groups in total. The SMILES string of the molecule is C/C=C(\C)C(=O)CO[C@H]1C[C@H](OC(C)=O)[C@@]2(COC(C)=O)CO[C@@H]3[C@H]2[C@@]12CO[C@](O)(COC(C)=O)[C@@H]2[C@](C)([C@]12C[C@H]4O[C@H]5OC=C6O[C@]65[C@H]4[C@H]1O2)[C@H]3O. The van der Waals surface area contributed by atoms with Gasteiger partial charge >= 0.3 is 17.9 Å². The predicted octanol–water partition coefficient (Wildman–Crippen LogP) is 0.595. The van der Waals surface area contributed by atoms with Crippen LogP contribution in [0.15, 0.2) is 23.7 Å². The van der Waals surface area contributed by atoms with Gasteiger partial charge in [-0.3, -0.25) is 19.2 Å². The van der Waals surface area contributed by atoms with Gasteiger partial charge < -0.3 is 57.6 Å². The Morgan fingerprint density at radius 3 is 2.43 bits per heavy atom. The highest BCUT2D eigenvalue weighted by Crippen LogP contribution is 2.81. The van der Waals surface area contributed by atoms with Gasteiger partial charge in [0, 0.05) is 56.3 Å². The summed E-state index contributed by atoms with van der Waals surface area (Å²) in [4.78, 5) is 50.7. The summed E-state index contributed by atoms with van der Waals surface area (Å²) >= 11 is 0. The third-order valence-corrected chi connectivity index (χ3v) is 14.4. The minimum Gasteiger partial charge on any atom is -0.469 e. The van der Waals surface area contributed by atoms with Crippen molar-refractivity contribution in [1.82, 2.24) is 0 Å². The number of rotatable bonds is 10. The Kier molecular flexibility index (Phi) is 7.54. The highest BCUT2D eigenvalue weighted by Gasteiger charge is 2.94. The van der Waals surface area contributed by atoms with Crippen molar-refractivity contribution in [3.8, 4) is 0 Å². The van der Waals surface area contributed by atoms with E-state index in [1.807, 2.05) is 6.92 Å². The number of carbonyl (C=O) groups is 4. The van der Waals surface area contributed by atoms with E-state index >= 15 is 0 Å². The Morgan fingerprint density at radius 2 is 1.75 bits per heavy atom. The van der Waals surface area contributed by atoms with E-state index in [2.05, 4.69) is 0 Å². The molecule has 3 saturated carbocycles. The molecule has 16 nitrogen and oxygen atoms in total. The normalized spacial score (nSPS) is 51.6.